The van der Waals surface area contributed by atoms with Gasteiger partial charge in [-0.3, -0.25) is 0 Å². The third-order valence-corrected chi connectivity index (χ3v) is 2.54. The molecule has 0 aliphatic heterocycles. The van der Waals surface area contributed by atoms with Crippen molar-refractivity contribution in [2.45, 2.75) is 13.5 Å². The molecule has 0 heterocycles. The summed E-state index contributed by atoms with van der Waals surface area (Å²) < 4.78 is 5.55. The van der Waals surface area contributed by atoms with Gasteiger partial charge in [-0.1, -0.05) is 12.1 Å². The van der Waals surface area contributed by atoms with Crippen LogP contribution in [-0.4, -0.2) is 10.2 Å². The predicted molar refractivity (Wildman–Crippen MR) is 65.3 cm³/mol. The lowest BCUT2D eigenvalue weighted by Crippen LogP contribution is -1.97. The molecule has 0 unspecified atom stereocenters. The number of aromatic hydroxyl groups is 2. The van der Waals surface area contributed by atoms with E-state index >= 15 is 0 Å². The Morgan fingerprint density at radius 1 is 1.00 bits per heavy atom. The highest BCUT2D eigenvalue weighted by molar-refractivity contribution is 5.35. The van der Waals surface area contributed by atoms with Gasteiger partial charge < -0.3 is 14.9 Å². The Kier molecular flexibility index (Phi) is 3.19. The molecule has 0 aromatic heterocycles. The Bertz CT molecular complexity index is 521. The topological polar surface area (TPSA) is 49.7 Å². The smallest absolute Gasteiger partial charge is 0.123 e. The number of hydrogen-bond acceptors (Lipinski definition) is 3. The molecule has 0 saturated heterocycles. The SMILES string of the molecule is Cc1cc(O)ccc1COc1cccc(O)c1. The van der Waals surface area contributed by atoms with E-state index < -0.39 is 0 Å². The fraction of sp³-hybridized carbons (Fsp3) is 0.143. The van der Waals surface area contributed by atoms with Crippen LogP contribution < -0.4 is 4.74 Å². The molecule has 17 heavy (non-hydrogen) atoms. The number of phenolic OH excluding ortho intramolecular Hbond substituents is 2. The summed E-state index contributed by atoms with van der Waals surface area (Å²) >= 11 is 0. The summed E-state index contributed by atoms with van der Waals surface area (Å²) in [6.45, 7) is 2.33. The van der Waals surface area contributed by atoms with Crippen molar-refractivity contribution < 1.29 is 14.9 Å². The summed E-state index contributed by atoms with van der Waals surface area (Å²) in [5.41, 5.74) is 1.98. The summed E-state index contributed by atoms with van der Waals surface area (Å²) in [6.07, 6.45) is 0. The van der Waals surface area contributed by atoms with Crippen molar-refractivity contribution in [3.05, 3.63) is 53.6 Å². The molecular formula is C14H14O3. The molecular weight excluding hydrogens is 216 g/mol. The third kappa shape index (κ3) is 2.91. The van der Waals surface area contributed by atoms with Crippen LogP contribution in [-0.2, 0) is 6.61 Å². The molecule has 88 valence electrons. The van der Waals surface area contributed by atoms with Crippen LogP contribution in [0.15, 0.2) is 42.5 Å². The van der Waals surface area contributed by atoms with Crippen molar-refractivity contribution in [3.8, 4) is 17.2 Å². The minimum absolute atomic E-state index is 0.185. The monoisotopic (exact) mass is 230 g/mol. The van der Waals surface area contributed by atoms with Gasteiger partial charge in [-0.25, -0.2) is 0 Å². The molecule has 3 heteroatoms. The number of ether oxygens (including phenoxy) is 1. The molecule has 0 saturated carbocycles. The van der Waals surface area contributed by atoms with Gasteiger partial charge in [0.05, 0.1) is 0 Å². The van der Waals surface area contributed by atoms with E-state index in [9.17, 15) is 10.2 Å². The maximum atomic E-state index is 9.29. The highest BCUT2D eigenvalue weighted by atomic mass is 16.5. The lowest BCUT2D eigenvalue weighted by molar-refractivity contribution is 0.303. The van der Waals surface area contributed by atoms with Gasteiger partial charge in [0.25, 0.3) is 0 Å². The normalized spacial score (nSPS) is 10.2. The Morgan fingerprint density at radius 2 is 1.76 bits per heavy atom. The molecule has 2 N–H and O–H groups in total. The number of rotatable bonds is 3. The van der Waals surface area contributed by atoms with Crippen LogP contribution in [0.1, 0.15) is 11.1 Å². The molecule has 0 aliphatic carbocycles. The van der Waals surface area contributed by atoms with Gasteiger partial charge in [0.15, 0.2) is 0 Å². The van der Waals surface area contributed by atoms with Crippen LogP contribution in [0.5, 0.6) is 17.2 Å². The molecule has 0 aliphatic rings. The average molecular weight is 230 g/mol. The Hall–Kier alpha value is -2.16. The summed E-state index contributed by atoms with van der Waals surface area (Å²) in [5, 5.41) is 18.6. The molecule has 0 radical (unpaired) electrons. The Labute approximate surface area is 99.9 Å². The van der Waals surface area contributed by atoms with Crippen LogP contribution in [0, 0.1) is 6.92 Å². The fourth-order valence-corrected chi connectivity index (χ4v) is 1.58. The highest BCUT2D eigenvalue weighted by Crippen LogP contribution is 2.21. The van der Waals surface area contributed by atoms with E-state index in [-0.39, 0.29) is 11.5 Å². The minimum Gasteiger partial charge on any atom is -0.508 e. The van der Waals surface area contributed by atoms with E-state index in [0.717, 1.165) is 11.1 Å². The first-order valence-electron chi connectivity index (χ1n) is 5.35. The second kappa shape index (κ2) is 4.78. The second-order valence-electron chi connectivity index (χ2n) is 3.90. The van der Waals surface area contributed by atoms with E-state index in [2.05, 4.69) is 0 Å². The van der Waals surface area contributed by atoms with Gasteiger partial charge in [0.2, 0.25) is 0 Å². The van der Waals surface area contributed by atoms with Crippen molar-refractivity contribution in [2.75, 3.05) is 0 Å². The maximum Gasteiger partial charge on any atom is 0.123 e. The zero-order valence-electron chi connectivity index (χ0n) is 9.55. The quantitative estimate of drug-likeness (QED) is 0.852. The van der Waals surface area contributed by atoms with Crippen molar-refractivity contribution in [2.24, 2.45) is 0 Å². The standard InChI is InChI=1S/C14H14O3/c1-10-7-13(16)6-5-11(10)9-17-14-4-2-3-12(15)8-14/h2-8,15-16H,9H2,1H3. The first-order valence-corrected chi connectivity index (χ1v) is 5.35. The first-order chi connectivity index (χ1) is 8.15. The summed E-state index contributed by atoms with van der Waals surface area (Å²) in [7, 11) is 0. The van der Waals surface area contributed by atoms with Crippen LogP contribution in [0.2, 0.25) is 0 Å². The van der Waals surface area contributed by atoms with E-state index in [0.29, 0.717) is 12.4 Å². The number of hydrogen-bond donors (Lipinski definition) is 2. The molecule has 0 bridgehead atoms. The zero-order valence-corrected chi connectivity index (χ0v) is 9.55. The summed E-state index contributed by atoms with van der Waals surface area (Å²) in [4.78, 5) is 0. The molecule has 2 aromatic rings. The van der Waals surface area contributed by atoms with Crippen molar-refractivity contribution in [3.63, 3.8) is 0 Å². The predicted octanol–water partition coefficient (Wildman–Crippen LogP) is 2.99. The molecule has 0 amide bonds. The lowest BCUT2D eigenvalue weighted by atomic mass is 10.1. The van der Waals surface area contributed by atoms with Gasteiger partial charge >= 0.3 is 0 Å². The Balaban J connectivity index is 2.07. The Morgan fingerprint density at radius 3 is 2.47 bits per heavy atom. The van der Waals surface area contributed by atoms with Crippen LogP contribution in [0.3, 0.4) is 0 Å². The second-order valence-corrected chi connectivity index (χ2v) is 3.90. The number of benzene rings is 2. The maximum absolute atomic E-state index is 9.29. The van der Waals surface area contributed by atoms with E-state index in [1.165, 1.54) is 0 Å². The van der Waals surface area contributed by atoms with E-state index in [1.54, 1.807) is 36.4 Å². The molecule has 0 fully saturated rings. The van der Waals surface area contributed by atoms with Gasteiger partial charge in [-0.2, -0.15) is 0 Å². The molecule has 3 nitrogen and oxygen atoms in total. The van der Waals surface area contributed by atoms with Crippen LogP contribution in [0.4, 0.5) is 0 Å². The summed E-state index contributed by atoms with van der Waals surface area (Å²) in [6, 6.07) is 11.8. The van der Waals surface area contributed by atoms with Crippen molar-refractivity contribution in [1.29, 1.82) is 0 Å². The van der Waals surface area contributed by atoms with Crippen molar-refractivity contribution in [1.82, 2.24) is 0 Å². The van der Waals surface area contributed by atoms with Crippen LogP contribution in [0.25, 0.3) is 0 Å². The molecule has 2 rings (SSSR count). The van der Waals surface area contributed by atoms with Gasteiger partial charge in [0, 0.05) is 6.07 Å². The van der Waals surface area contributed by atoms with E-state index in [1.807, 2.05) is 13.0 Å². The largest absolute Gasteiger partial charge is 0.508 e. The van der Waals surface area contributed by atoms with Gasteiger partial charge in [-0.15, -0.1) is 0 Å². The number of aryl methyl sites for hydroxylation is 1. The summed E-state index contributed by atoms with van der Waals surface area (Å²) in [5.74, 6) is 1.06. The number of phenols is 2. The van der Waals surface area contributed by atoms with Gasteiger partial charge in [0.1, 0.15) is 23.9 Å². The first kappa shape index (κ1) is 11.3. The molecule has 0 atom stereocenters. The van der Waals surface area contributed by atoms with E-state index in [4.69, 9.17) is 4.74 Å². The van der Waals surface area contributed by atoms with Crippen molar-refractivity contribution >= 4 is 0 Å². The van der Waals surface area contributed by atoms with Gasteiger partial charge in [-0.05, 0) is 42.3 Å². The van der Waals surface area contributed by atoms with Crippen LogP contribution >= 0.6 is 0 Å². The highest BCUT2D eigenvalue weighted by Gasteiger charge is 2.01. The average Bonchev–Trinajstić information content (AvgIpc) is 2.28. The fourth-order valence-electron chi connectivity index (χ4n) is 1.58. The third-order valence-electron chi connectivity index (χ3n) is 2.54. The lowest BCUT2D eigenvalue weighted by Gasteiger charge is -2.09. The minimum atomic E-state index is 0.185. The molecule has 2 aromatic carbocycles. The zero-order chi connectivity index (χ0) is 12.3. The molecule has 0 spiro atoms.